The van der Waals surface area contributed by atoms with Crippen LogP contribution in [0.2, 0.25) is 0 Å². The Morgan fingerprint density at radius 2 is 1.95 bits per heavy atom. The topological polar surface area (TPSA) is 141 Å². The minimum atomic E-state index is -1.16. The summed E-state index contributed by atoms with van der Waals surface area (Å²) in [6, 6.07) is 2.01. The summed E-state index contributed by atoms with van der Waals surface area (Å²) >= 11 is 3.25. The predicted molar refractivity (Wildman–Crippen MR) is 75.5 cm³/mol. The van der Waals surface area contributed by atoms with E-state index in [1.54, 1.807) is 12.1 Å². The molecule has 0 aliphatic rings. The molecular weight excluding hydrogens is 332 g/mol. The number of carbonyl (C=O) groups is 2. The van der Waals surface area contributed by atoms with Gasteiger partial charge in [0.05, 0.1) is 29.2 Å². The van der Waals surface area contributed by atoms with E-state index >= 15 is 0 Å². The Morgan fingerprint density at radius 3 is 2.55 bits per heavy atom. The first-order chi connectivity index (χ1) is 9.36. The zero-order chi connectivity index (χ0) is 14.9. The number of hydrogen-bond donors (Lipinski definition) is 5. The van der Waals surface area contributed by atoms with E-state index in [9.17, 15) is 14.4 Å². The van der Waals surface area contributed by atoms with Crippen molar-refractivity contribution in [3.63, 3.8) is 0 Å². The highest BCUT2D eigenvalue weighted by atomic mass is 79.9. The van der Waals surface area contributed by atoms with Crippen LogP contribution in [-0.4, -0.2) is 33.0 Å². The van der Waals surface area contributed by atoms with Crippen LogP contribution in [0.5, 0.6) is 0 Å². The van der Waals surface area contributed by atoms with E-state index in [-0.39, 0.29) is 5.69 Å². The summed E-state index contributed by atoms with van der Waals surface area (Å²) in [5, 5.41) is 11.1. The summed E-state index contributed by atoms with van der Waals surface area (Å²) in [6.45, 7) is 0. The first kappa shape index (κ1) is 14.3. The van der Waals surface area contributed by atoms with Gasteiger partial charge in [-0.05, 0) is 28.1 Å². The maximum Gasteiger partial charge on any atom is 0.323 e. The average Bonchev–Trinajstić information content (AvgIpc) is 2.67. The van der Waals surface area contributed by atoms with Gasteiger partial charge in [-0.1, -0.05) is 0 Å². The van der Waals surface area contributed by atoms with Crippen molar-refractivity contribution in [2.45, 2.75) is 12.5 Å². The number of carbonyl (C=O) groups excluding carboxylic acids is 1. The second-order valence-electron chi connectivity index (χ2n) is 4.15. The molecule has 0 bridgehead atoms. The molecule has 1 aromatic heterocycles. The Morgan fingerprint density at radius 1 is 1.35 bits per heavy atom. The Kier molecular flexibility index (Phi) is 3.91. The fourth-order valence-electron chi connectivity index (χ4n) is 1.66. The van der Waals surface area contributed by atoms with Crippen LogP contribution in [0.25, 0.3) is 11.0 Å². The zero-order valence-electron chi connectivity index (χ0n) is 10.1. The molecular formula is C11H11BrN4O4. The second kappa shape index (κ2) is 5.47. The van der Waals surface area contributed by atoms with E-state index in [1.165, 1.54) is 0 Å². The summed E-state index contributed by atoms with van der Waals surface area (Å²) < 4.78 is 0.538. The van der Waals surface area contributed by atoms with Crippen LogP contribution in [0, 0.1) is 0 Å². The smallest absolute Gasteiger partial charge is 0.323 e. The van der Waals surface area contributed by atoms with Crippen molar-refractivity contribution in [3.8, 4) is 0 Å². The van der Waals surface area contributed by atoms with Crippen molar-refractivity contribution >= 4 is 44.5 Å². The molecule has 0 aliphatic heterocycles. The number of carboxylic acids is 1. The van der Waals surface area contributed by atoms with E-state index < -0.39 is 24.3 Å². The third kappa shape index (κ3) is 3.06. The summed E-state index contributed by atoms with van der Waals surface area (Å²) in [7, 11) is 0. The highest BCUT2D eigenvalue weighted by Gasteiger charge is 2.18. The quantitative estimate of drug-likeness (QED) is 0.545. The SMILES string of the molecule is NC(CC(=O)O)C(=O)Nc1cc2[nH]c(=O)[nH]c2cc1Br. The van der Waals surface area contributed by atoms with E-state index in [4.69, 9.17) is 10.8 Å². The number of H-pyrrole nitrogens is 2. The lowest BCUT2D eigenvalue weighted by atomic mass is 10.2. The number of nitrogens with one attached hydrogen (secondary N) is 3. The molecule has 1 amide bonds. The molecule has 20 heavy (non-hydrogen) atoms. The molecule has 1 atom stereocenters. The minimum Gasteiger partial charge on any atom is -0.481 e. The van der Waals surface area contributed by atoms with Gasteiger partial charge in [-0.2, -0.15) is 0 Å². The van der Waals surface area contributed by atoms with Crippen LogP contribution < -0.4 is 16.7 Å². The van der Waals surface area contributed by atoms with Crippen LogP contribution >= 0.6 is 15.9 Å². The second-order valence-corrected chi connectivity index (χ2v) is 5.00. The molecule has 1 unspecified atom stereocenters. The van der Waals surface area contributed by atoms with Crippen molar-refractivity contribution in [1.29, 1.82) is 0 Å². The summed E-state index contributed by atoms with van der Waals surface area (Å²) in [5.41, 5.74) is 6.58. The number of benzene rings is 1. The van der Waals surface area contributed by atoms with Gasteiger partial charge in [-0.15, -0.1) is 0 Å². The molecule has 0 saturated carbocycles. The number of amides is 1. The van der Waals surface area contributed by atoms with Gasteiger partial charge in [0.1, 0.15) is 0 Å². The van der Waals surface area contributed by atoms with Crippen molar-refractivity contribution in [3.05, 3.63) is 27.1 Å². The molecule has 9 heteroatoms. The van der Waals surface area contributed by atoms with Gasteiger partial charge in [0.15, 0.2) is 0 Å². The number of hydrogen-bond acceptors (Lipinski definition) is 4. The molecule has 106 valence electrons. The third-order valence-electron chi connectivity index (χ3n) is 2.59. The van der Waals surface area contributed by atoms with Gasteiger partial charge in [-0.25, -0.2) is 4.79 Å². The van der Waals surface area contributed by atoms with Crippen LogP contribution in [0.15, 0.2) is 21.4 Å². The highest BCUT2D eigenvalue weighted by molar-refractivity contribution is 9.10. The number of rotatable bonds is 4. The Bertz CT molecular complexity index is 736. The van der Waals surface area contributed by atoms with Gasteiger partial charge < -0.3 is 26.1 Å². The summed E-state index contributed by atoms with van der Waals surface area (Å²) in [6.07, 6.45) is -0.466. The molecule has 2 rings (SSSR count). The number of anilines is 1. The number of aliphatic carboxylic acids is 1. The standard InChI is InChI=1S/C11H11BrN4O4/c12-4-1-7-8(16-11(20)15-7)3-6(4)14-10(19)5(13)2-9(17)18/h1,3,5H,2,13H2,(H,14,19)(H,17,18)(H2,15,16,20). The maximum absolute atomic E-state index is 11.7. The average molecular weight is 343 g/mol. The van der Waals surface area contributed by atoms with Crippen LogP contribution in [0.4, 0.5) is 5.69 Å². The highest BCUT2D eigenvalue weighted by Crippen LogP contribution is 2.26. The van der Waals surface area contributed by atoms with Crippen molar-refractivity contribution in [2.24, 2.45) is 5.73 Å². The number of imidazole rings is 1. The maximum atomic E-state index is 11.7. The lowest BCUT2D eigenvalue weighted by Gasteiger charge is -2.11. The van der Waals surface area contributed by atoms with E-state index in [2.05, 4.69) is 31.2 Å². The molecule has 0 spiro atoms. The summed E-state index contributed by atoms with van der Waals surface area (Å²) in [4.78, 5) is 38.5. The molecule has 8 nitrogen and oxygen atoms in total. The van der Waals surface area contributed by atoms with E-state index in [1.807, 2.05) is 0 Å². The monoisotopic (exact) mass is 342 g/mol. The van der Waals surface area contributed by atoms with Crippen LogP contribution in [0.3, 0.4) is 0 Å². The predicted octanol–water partition coefficient (Wildman–Crippen LogP) is 0.359. The number of carboxylic acid groups (broad SMARTS) is 1. The Balaban J connectivity index is 2.24. The minimum absolute atomic E-state index is 0.363. The van der Waals surface area contributed by atoms with Crippen LogP contribution in [-0.2, 0) is 9.59 Å². The number of fused-ring (bicyclic) bond motifs is 1. The first-order valence-corrected chi connectivity index (χ1v) is 6.36. The molecule has 0 saturated heterocycles. The van der Waals surface area contributed by atoms with Crippen molar-refractivity contribution < 1.29 is 14.7 Å². The molecule has 0 radical (unpaired) electrons. The number of nitrogens with two attached hydrogens (primary N) is 1. The first-order valence-electron chi connectivity index (χ1n) is 5.56. The lowest BCUT2D eigenvalue weighted by molar-refractivity contribution is -0.138. The molecule has 0 aliphatic carbocycles. The fourth-order valence-corrected chi connectivity index (χ4v) is 2.10. The molecule has 2 aromatic rings. The Labute approximate surface area is 120 Å². The van der Waals surface area contributed by atoms with Gasteiger partial charge in [0, 0.05) is 4.47 Å². The van der Waals surface area contributed by atoms with Crippen molar-refractivity contribution in [2.75, 3.05) is 5.32 Å². The number of halogens is 1. The third-order valence-corrected chi connectivity index (χ3v) is 3.25. The van der Waals surface area contributed by atoms with Gasteiger partial charge >= 0.3 is 11.7 Å². The number of aromatic amines is 2. The van der Waals surface area contributed by atoms with Crippen LogP contribution in [0.1, 0.15) is 6.42 Å². The molecule has 1 heterocycles. The van der Waals surface area contributed by atoms with Gasteiger partial charge in [0.25, 0.3) is 0 Å². The van der Waals surface area contributed by atoms with Gasteiger partial charge in [0.2, 0.25) is 5.91 Å². The Hall–Kier alpha value is -2.13. The molecule has 6 N–H and O–H groups in total. The largest absolute Gasteiger partial charge is 0.481 e. The van der Waals surface area contributed by atoms with Crippen molar-refractivity contribution in [1.82, 2.24) is 9.97 Å². The molecule has 0 fully saturated rings. The number of aromatic nitrogens is 2. The van der Waals surface area contributed by atoms with Gasteiger partial charge in [-0.3, -0.25) is 9.59 Å². The van der Waals surface area contributed by atoms with E-state index in [0.717, 1.165) is 0 Å². The normalized spacial score (nSPS) is 12.3. The molecule has 1 aromatic carbocycles. The lowest BCUT2D eigenvalue weighted by Crippen LogP contribution is -2.37. The van der Waals surface area contributed by atoms with E-state index in [0.29, 0.717) is 21.2 Å². The fraction of sp³-hybridized carbons (Fsp3) is 0.182. The zero-order valence-corrected chi connectivity index (χ0v) is 11.7. The summed E-state index contributed by atoms with van der Waals surface area (Å²) in [5.74, 6) is -1.78.